The number of rotatable bonds is 5. The van der Waals surface area contributed by atoms with Gasteiger partial charge < -0.3 is 16.4 Å². The van der Waals surface area contributed by atoms with E-state index in [1.54, 1.807) is 19.1 Å². The van der Waals surface area contributed by atoms with Crippen LogP contribution in [-0.4, -0.2) is 50.7 Å². The number of nitrogens with zero attached hydrogens (tertiary/aromatic N) is 1. The van der Waals surface area contributed by atoms with Crippen LogP contribution in [0.3, 0.4) is 0 Å². The number of carbonyl (C=O) groups excluding carboxylic acids is 2. The zero-order chi connectivity index (χ0) is 17.0. The molecule has 1 atom stereocenters. The summed E-state index contributed by atoms with van der Waals surface area (Å²) in [6.07, 6.45) is 0. The van der Waals surface area contributed by atoms with E-state index in [2.05, 4.69) is 10.6 Å². The van der Waals surface area contributed by atoms with Crippen molar-refractivity contribution in [3.8, 4) is 0 Å². The van der Waals surface area contributed by atoms with Crippen molar-refractivity contribution in [1.29, 1.82) is 0 Å². The van der Waals surface area contributed by atoms with Gasteiger partial charge in [0.25, 0.3) is 0 Å². The van der Waals surface area contributed by atoms with Gasteiger partial charge >= 0.3 is 0 Å². The Labute approximate surface area is 147 Å². The molecule has 1 aliphatic rings. The lowest BCUT2D eigenvalue weighted by Crippen LogP contribution is -2.49. The number of benzene rings is 1. The van der Waals surface area contributed by atoms with E-state index in [0.29, 0.717) is 5.69 Å². The lowest BCUT2D eigenvalue weighted by molar-refractivity contribution is -0.122. The van der Waals surface area contributed by atoms with Crippen LogP contribution < -0.4 is 16.4 Å². The molecule has 2 amide bonds. The quantitative estimate of drug-likeness (QED) is 0.654. The minimum Gasteiger partial charge on any atom is -0.354 e. The van der Waals surface area contributed by atoms with Gasteiger partial charge in [-0.15, -0.1) is 12.4 Å². The van der Waals surface area contributed by atoms with Crippen LogP contribution in [0.5, 0.6) is 0 Å². The fraction of sp³-hybridized carbons (Fsp3) is 0.429. The largest absolute Gasteiger partial charge is 0.354 e. The Morgan fingerprint density at radius 3 is 2.79 bits per heavy atom. The molecule has 1 aromatic rings. The van der Waals surface area contributed by atoms with Gasteiger partial charge in [-0.05, 0) is 18.2 Å². The molecule has 1 saturated heterocycles. The number of halogens is 1. The van der Waals surface area contributed by atoms with E-state index in [1.807, 2.05) is 0 Å². The van der Waals surface area contributed by atoms with Crippen molar-refractivity contribution in [2.24, 2.45) is 11.7 Å². The molecule has 4 N–H and O–H groups in total. The first-order chi connectivity index (χ1) is 10.8. The maximum atomic E-state index is 12.6. The third-order valence-electron chi connectivity index (χ3n) is 3.54. The third kappa shape index (κ3) is 4.67. The zero-order valence-electron chi connectivity index (χ0n) is 13.2. The maximum absolute atomic E-state index is 12.6. The van der Waals surface area contributed by atoms with E-state index in [0.717, 1.165) is 4.31 Å². The van der Waals surface area contributed by atoms with Crippen LogP contribution >= 0.6 is 12.4 Å². The number of piperazine rings is 1. The predicted octanol–water partition coefficient (Wildman–Crippen LogP) is -0.238. The van der Waals surface area contributed by atoms with Gasteiger partial charge in [0.2, 0.25) is 21.8 Å². The van der Waals surface area contributed by atoms with Crippen LogP contribution in [0, 0.1) is 5.92 Å². The second-order valence-corrected chi connectivity index (χ2v) is 7.28. The van der Waals surface area contributed by atoms with E-state index in [4.69, 9.17) is 5.73 Å². The van der Waals surface area contributed by atoms with Crippen molar-refractivity contribution in [2.45, 2.75) is 11.8 Å². The van der Waals surface area contributed by atoms with E-state index in [-0.39, 0.29) is 61.2 Å². The molecule has 134 valence electrons. The first kappa shape index (κ1) is 20.4. The van der Waals surface area contributed by atoms with Crippen molar-refractivity contribution in [2.75, 3.05) is 31.5 Å². The first-order valence-electron chi connectivity index (χ1n) is 7.22. The number of carbonyl (C=O) groups is 2. The summed E-state index contributed by atoms with van der Waals surface area (Å²) in [5.74, 6) is -0.985. The van der Waals surface area contributed by atoms with Crippen molar-refractivity contribution >= 4 is 39.9 Å². The monoisotopic (exact) mass is 376 g/mol. The highest BCUT2D eigenvalue weighted by atomic mass is 35.5. The van der Waals surface area contributed by atoms with Crippen LogP contribution in [0.15, 0.2) is 29.2 Å². The molecule has 2 rings (SSSR count). The Bertz CT molecular complexity index is 710. The average molecular weight is 377 g/mol. The summed E-state index contributed by atoms with van der Waals surface area (Å²) in [6.45, 7) is 2.18. The average Bonchev–Trinajstić information content (AvgIpc) is 2.54. The summed E-state index contributed by atoms with van der Waals surface area (Å²) >= 11 is 0. The summed E-state index contributed by atoms with van der Waals surface area (Å²) in [5, 5.41) is 5.21. The topological polar surface area (TPSA) is 122 Å². The molecule has 1 unspecified atom stereocenters. The van der Waals surface area contributed by atoms with Crippen LogP contribution in [0.2, 0.25) is 0 Å². The second kappa shape index (κ2) is 8.43. The lowest BCUT2D eigenvalue weighted by Gasteiger charge is -2.26. The molecule has 0 bridgehead atoms. The zero-order valence-corrected chi connectivity index (χ0v) is 14.8. The van der Waals surface area contributed by atoms with Gasteiger partial charge in [-0.1, -0.05) is 13.0 Å². The highest BCUT2D eigenvalue weighted by molar-refractivity contribution is 7.89. The van der Waals surface area contributed by atoms with Gasteiger partial charge in [-0.2, -0.15) is 4.31 Å². The molecule has 8 nitrogen and oxygen atoms in total. The summed E-state index contributed by atoms with van der Waals surface area (Å²) < 4.78 is 26.3. The van der Waals surface area contributed by atoms with Gasteiger partial charge in [0.05, 0.1) is 11.4 Å². The summed E-state index contributed by atoms with van der Waals surface area (Å²) in [7, 11) is -3.78. The smallest absolute Gasteiger partial charge is 0.243 e. The number of nitrogens with two attached hydrogens (primary N) is 1. The number of amides is 2. The highest BCUT2D eigenvalue weighted by Crippen LogP contribution is 2.20. The van der Waals surface area contributed by atoms with E-state index < -0.39 is 10.0 Å². The van der Waals surface area contributed by atoms with Gasteiger partial charge in [0.1, 0.15) is 0 Å². The molecule has 0 radical (unpaired) electrons. The Kier molecular flexibility index (Phi) is 7.15. The number of hydrogen-bond donors (Lipinski definition) is 3. The molecule has 0 aromatic heterocycles. The van der Waals surface area contributed by atoms with Crippen LogP contribution in [0.4, 0.5) is 5.69 Å². The minimum atomic E-state index is -3.78. The van der Waals surface area contributed by atoms with E-state index in [1.165, 1.54) is 12.1 Å². The number of sulfonamides is 1. The minimum absolute atomic E-state index is 0. The second-order valence-electron chi connectivity index (χ2n) is 5.34. The molecule has 0 spiro atoms. The van der Waals surface area contributed by atoms with Crippen LogP contribution in [0.1, 0.15) is 6.92 Å². The predicted molar refractivity (Wildman–Crippen MR) is 92.3 cm³/mol. The Balaban J connectivity index is 0.00000288. The standard InChI is InChI=1S/C14H20N4O4S.ClH/c1-10(8-15)14(20)17-11-3-2-4-12(7-11)23(21,22)18-6-5-16-13(19)9-18;/h2-4,7,10H,5-6,8-9,15H2,1H3,(H,16,19)(H,17,20);1H. The summed E-state index contributed by atoms with van der Waals surface area (Å²) in [4.78, 5) is 23.3. The molecule has 1 aromatic carbocycles. The molecule has 0 aliphatic carbocycles. The van der Waals surface area contributed by atoms with Crippen molar-refractivity contribution in [3.05, 3.63) is 24.3 Å². The first-order valence-corrected chi connectivity index (χ1v) is 8.66. The molecule has 10 heteroatoms. The van der Waals surface area contributed by atoms with E-state index in [9.17, 15) is 18.0 Å². The molecule has 1 fully saturated rings. The molecule has 1 aliphatic heterocycles. The van der Waals surface area contributed by atoms with Crippen molar-refractivity contribution in [1.82, 2.24) is 9.62 Å². The molecule has 24 heavy (non-hydrogen) atoms. The van der Waals surface area contributed by atoms with Crippen molar-refractivity contribution in [3.63, 3.8) is 0 Å². The fourth-order valence-electron chi connectivity index (χ4n) is 2.08. The Hall–Kier alpha value is -1.68. The van der Waals surface area contributed by atoms with Gasteiger partial charge in [0, 0.05) is 31.2 Å². The normalized spacial score (nSPS) is 16.7. The molecule has 1 heterocycles. The highest BCUT2D eigenvalue weighted by Gasteiger charge is 2.29. The van der Waals surface area contributed by atoms with Gasteiger partial charge in [-0.3, -0.25) is 9.59 Å². The number of anilines is 1. The SMILES string of the molecule is CC(CN)C(=O)Nc1cccc(S(=O)(=O)N2CCNC(=O)C2)c1.Cl. The van der Waals surface area contributed by atoms with Crippen LogP contribution in [-0.2, 0) is 19.6 Å². The number of hydrogen-bond acceptors (Lipinski definition) is 5. The molecular formula is C14H21ClN4O4S. The third-order valence-corrected chi connectivity index (χ3v) is 5.38. The van der Waals surface area contributed by atoms with Gasteiger partial charge in [0.15, 0.2) is 0 Å². The summed E-state index contributed by atoms with van der Waals surface area (Å²) in [6, 6.07) is 5.95. The lowest BCUT2D eigenvalue weighted by atomic mass is 10.1. The Morgan fingerprint density at radius 2 is 2.17 bits per heavy atom. The molecule has 0 saturated carbocycles. The summed E-state index contributed by atoms with van der Waals surface area (Å²) in [5.41, 5.74) is 5.81. The van der Waals surface area contributed by atoms with E-state index >= 15 is 0 Å². The Morgan fingerprint density at radius 1 is 1.46 bits per heavy atom. The maximum Gasteiger partial charge on any atom is 0.243 e. The van der Waals surface area contributed by atoms with Gasteiger partial charge in [-0.25, -0.2) is 8.42 Å². The molecular weight excluding hydrogens is 356 g/mol. The fourth-order valence-corrected chi connectivity index (χ4v) is 3.52. The van der Waals surface area contributed by atoms with Crippen molar-refractivity contribution < 1.29 is 18.0 Å². The van der Waals surface area contributed by atoms with Crippen LogP contribution in [0.25, 0.3) is 0 Å². The number of nitrogens with one attached hydrogen (secondary N) is 2.